The molecule has 1 fully saturated rings. The molecule has 4 rings (SSSR count). The molecule has 7 nitrogen and oxygen atoms in total. The van der Waals surface area contributed by atoms with Gasteiger partial charge in [-0.25, -0.2) is 9.79 Å². The summed E-state index contributed by atoms with van der Waals surface area (Å²) in [7, 11) is 1.58. The number of halogens is 1. The van der Waals surface area contributed by atoms with Crippen LogP contribution in [0.1, 0.15) is 21.5 Å². The Kier molecular flexibility index (Phi) is 6.90. The Morgan fingerprint density at radius 1 is 1.12 bits per heavy atom. The first-order valence-electron chi connectivity index (χ1n) is 10.1. The number of aromatic hydroxyl groups is 1. The second-order valence-electron chi connectivity index (χ2n) is 7.31. The SMILES string of the molecule is COc1ccc(N=C2S/C(=C\c3ccc(O)c(Cl)c3)C(=O)N2Cc2ccc(C(=O)O)cc2)cc1. The van der Waals surface area contributed by atoms with E-state index in [9.17, 15) is 14.7 Å². The molecule has 2 N–H and O–H groups in total. The van der Waals surface area contributed by atoms with Crippen LogP contribution in [0.5, 0.6) is 11.5 Å². The number of thioether (sulfide) groups is 1. The van der Waals surface area contributed by atoms with Gasteiger partial charge in [-0.15, -0.1) is 0 Å². The molecule has 1 aliphatic heterocycles. The van der Waals surface area contributed by atoms with E-state index in [0.29, 0.717) is 27.1 Å². The smallest absolute Gasteiger partial charge is 0.335 e. The van der Waals surface area contributed by atoms with Gasteiger partial charge in [-0.05, 0) is 77.5 Å². The number of carbonyl (C=O) groups excluding carboxylic acids is 1. The maximum atomic E-state index is 13.3. The fourth-order valence-electron chi connectivity index (χ4n) is 3.20. The number of methoxy groups -OCH3 is 1. The Bertz CT molecular complexity index is 1300. The highest BCUT2D eigenvalue weighted by Gasteiger charge is 2.33. The maximum Gasteiger partial charge on any atom is 0.335 e. The van der Waals surface area contributed by atoms with Crippen LogP contribution >= 0.6 is 23.4 Å². The molecule has 1 saturated heterocycles. The highest BCUT2D eigenvalue weighted by molar-refractivity contribution is 8.18. The lowest BCUT2D eigenvalue weighted by molar-refractivity contribution is -0.122. The Morgan fingerprint density at radius 3 is 2.44 bits per heavy atom. The van der Waals surface area contributed by atoms with Gasteiger partial charge in [0.25, 0.3) is 5.91 Å². The van der Waals surface area contributed by atoms with E-state index in [1.54, 1.807) is 66.6 Å². The number of aromatic carboxylic acids is 1. The van der Waals surface area contributed by atoms with Crippen molar-refractivity contribution in [3.05, 3.63) is 93.3 Å². The van der Waals surface area contributed by atoms with Gasteiger partial charge in [0.1, 0.15) is 11.5 Å². The summed E-state index contributed by atoms with van der Waals surface area (Å²) in [6, 6.07) is 18.2. The molecule has 3 aromatic rings. The molecule has 1 heterocycles. The molecule has 1 amide bonds. The van der Waals surface area contributed by atoms with Crippen LogP contribution in [-0.4, -0.2) is 39.3 Å². The number of ether oxygens (including phenoxy) is 1. The highest BCUT2D eigenvalue weighted by atomic mass is 35.5. The average molecular weight is 495 g/mol. The number of rotatable bonds is 6. The lowest BCUT2D eigenvalue weighted by atomic mass is 10.1. The van der Waals surface area contributed by atoms with E-state index in [4.69, 9.17) is 21.4 Å². The molecule has 172 valence electrons. The van der Waals surface area contributed by atoms with Gasteiger partial charge in [0.2, 0.25) is 0 Å². The summed E-state index contributed by atoms with van der Waals surface area (Å²) in [6.45, 7) is 0.217. The average Bonchev–Trinajstić information content (AvgIpc) is 3.11. The molecule has 1 aliphatic rings. The van der Waals surface area contributed by atoms with Crippen LogP contribution in [0.3, 0.4) is 0 Å². The number of phenolic OH excluding ortho intramolecular Hbond substituents is 1. The molecule has 0 unspecified atom stereocenters. The molecule has 0 atom stereocenters. The van der Waals surface area contributed by atoms with E-state index < -0.39 is 5.97 Å². The minimum absolute atomic E-state index is 0.0394. The summed E-state index contributed by atoms with van der Waals surface area (Å²) in [6.07, 6.45) is 1.69. The van der Waals surface area contributed by atoms with Crippen molar-refractivity contribution in [3.63, 3.8) is 0 Å². The fraction of sp³-hybridized carbons (Fsp3) is 0.0800. The monoisotopic (exact) mass is 494 g/mol. The molecule has 0 aromatic heterocycles. The van der Waals surface area contributed by atoms with E-state index >= 15 is 0 Å². The van der Waals surface area contributed by atoms with Crippen molar-refractivity contribution in [1.29, 1.82) is 0 Å². The van der Waals surface area contributed by atoms with Gasteiger partial charge in [-0.1, -0.05) is 29.8 Å². The van der Waals surface area contributed by atoms with Crippen molar-refractivity contribution in [2.45, 2.75) is 6.54 Å². The van der Waals surface area contributed by atoms with E-state index in [0.717, 1.165) is 5.56 Å². The van der Waals surface area contributed by atoms with Crippen LogP contribution in [0.4, 0.5) is 5.69 Å². The molecule has 3 aromatic carbocycles. The third kappa shape index (κ3) is 5.24. The number of benzene rings is 3. The molecule has 0 bridgehead atoms. The zero-order chi connectivity index (χ0) is 24.2. The Balaban J connectivity index is 1.68. The third-order valence-corrected chi connectivity index (χ3v) is 6.31. The summed E-state index contributed by atoms with van der Waals surface area (Å²) in [5, 5.41) is 19.5. The zero-order valence-electron chi connectivity index (χ0n) is 17.9. The summed E-state index contributed by atoms with van der Waals surface area (Å²) in [4.78, 5) is 31.1. The van der Waals surface area contributed by atoms with E-state index in [1.807, 2.05) is 0 Å². The molecule has 9 heteroatoms. The standard InChI is InChI=1S/C25H19ClN2O5S/c1-33-19-9-7-18(8-10-19)27-25-28(14-15-2-5-17(6-3-15)24(31)32)23(30)22(34-25)13-16-4-11-21(29)20(26)12-16/h2-13,29H,14H2,1H3,(H,31,32)/b22-13-,27-25?. The van der Waals surface area contributed by atoms with Gasteiger partial charge in [-0.3, -0.25) is 9.69 Å². The molecule has 0 radical (unpaired) electrons. The number of phenols is 1. The number of carbonyl (C=O) groups is 2. The number of hydrogen-bond acceptors (Lipinski definition) is 6. The highest BCUT2D eigenvalue weighted by Crippen LogP contribution is 2.36. The van der Waals surface area contributed by atoms with Crippen molar-refractivity contribution < 1.29 is 24.5 Å². The second-order valence-corrected chi connectivity index (χ2v) is 8.72. The number of hydrogen-bond donors (Lipinski definition) is 2. The molecular weight excluding hydrogens is 476 g/mol. The van der Waals surface area contributed by atoms with E-state index in [2.05, 4.69) is 4.99 Å². The Hall–Kier alpha value is -3.75. The summed E-state index contributed by atoms with van der Waals surface area (Å²) in [5.74, 6) is -0.607. The summed E-state index contributed by atoms with van der Waals surface area (Å²) < 4.78 is 5.19. The first-order chi connectivity index (χ1) is 16.3. The molecule has 0 spiro atoms. The topological polar surface area (TPSA) is 99.4 Å². The van der Waals surface area contributed by atoms with E-state index in [-0.39, 0.29) is 28.8 Å². The van der Waals surface area contributed by atoms with Crippen molar-refractivity contribution >= 4 is 52.2 Å². The first kappa shape index (κ1) is 23.4. The zero-order valence-corrected chi connectivity index (χ0v) is 19.5. The minimum Gasteiger partial charge on any atom is -0.506 e. The maximum absolute atomic E-state index is 13.3. The summed E-state index contributed by atoms with van der Waals surface area (Å²) in [5.41, 5.74) is 2.24. The van der Waals surface area contributed by atoms with Gasteiger partial charge in [-0.2, -0.15) is 0 Å². The number of amides is 1. The predicted octanol–water partition coefficient (Wildman–Crippen LogP) is 5.56. The van der Waals surface area contributed by atoms with Gasteiger partial charge >= 0.3 is 5.97 Å². The van der Waals surface area contributed by atoms with E-state index in [1.165, 1.54) is 30.0 Å². The normalized spacial score (nSPS) is 15.8. The number of amidine groups is 1. The molecule has 0 saturated carbocycles. The number of carboxylic acid groups (broad SMARTS) is 1. The van der Waals surface area contributed by atoms with Gasteiger partial charge in [0.05, 0.1) is 34.8 Å². The van der Waals surface area contributed by atoms with Crippen LogP contribution in [-0.2, 0) is 11.3 Å². The van der Waals surface area contributed by atoms with Gasteiger partial charge < -0.3 is 14.9 Å². The Labute approximate surface area is 205 Å². The van der Waals surface area contributed by atoms with Gasteiger partial charge in [0, 0.05) is 0 Å². The molecular formula is C25H19ClN2O5S. The predicted molar refractivity (Wildman–Crippen MR) is 133 cm³/mol. The second kappa shape index (κ2) is 10.0. The molecule has 0 aliphatic carbocycles. The number of carboxylic acids is 1. The lowest BCUT2D eigenvalue weighted by Gasteiger charge is -2.16. The van der Waals surface area contributed by atoms with Crippen molar-refractivity contribution in [2.24, 2.45) is 4.99 Å². The fourth-order valence-corrected chi connectivity index (χ4v) is 4.38. The summed E-state index contributed by atoms with van der Waals surface area (Å²) >= 11 is 7.23. The number of nitrogens with zero attached hydrogens (tertiary/aromatic N) is 2. The van der Waals surface area contributed by atoms with Crippen LogP contribution in [0, 0.1) is 0 Å². The van der Waals surface area contributed by atoms with Gasteiger partial charge in [0.15, 0.2) is 5.17 Å². The lowest BCUT2D eigenvalue weighted by Crippen LogP contribution is -2.28. The number of aliphatic imine (C=N–C) groups is 1. The van der Waals surface area contributed by atoms with Crippen LogP contribution in [0.2, 0.25) is 5.02 Å². The largest absolute Gasteiger partial charge is 0.506 e. The quantitative estimate of drug-likeness (QED) is 0.435. The van der Waals surface area contributed by atoms with Crippen molar-refractivity contribution in [1.82, 2.24) is 4.90 Å². The van der Waals surface area contributed by atoms with Crippen LogP contribution in [0.15, 0.2) is 76.6 Å². The minimum atomic E-state index is -1.01. The third-order valence-electron chi connectivity index (χ3n) is 5.00. The van der Waals surface area contributed by atoms with Crippen molar-refractivity contribution in [3.8, 4) is 11.5 Å². The van der Waals surface area contributed by atoms with Crippen LogP contribution in [0.25, 0.3) is 6.08 Å². The van der Waals surface area contributed by atoms with Crippen molar-refractivity contribution in [2.75, 3.05) is 7.11 Å². The Morgan fingerprint density at radius 2 is 1.82 bits per heavy atom. The molecule has 34 heavy (non-hydrogen) atoms. The van der Waals surface area contributed by atoms with Crippen LogP contribution < -0.4 is 4.74 Å². The first-order valence-corrected chi connectivity index (χ1v) is 11.3.